The molecule has 1 aliphatic heterocycles. The molecular formula is C24H31N3O5S. The lowest BCUT2D eigenvalue weighted by molar-refractivity contribution is -0.141. The Balaban J connectivity index is 1.69. The van der Waals surface area contributed by atoms with E-state index in [1.807, 2.05) is 47.8 Å². The van der Waals surface area contributed by atoms with Crippen LogP contribution in [0.2, 0.25) is 0 Å². The minimum absolute atomic E-state index is 0.104. The minimum atomic E-state index is -0.516. The third-order valence-electron chi connectivity index (χ3n) is 5.25. The first-order valence-corrected chi connectivity index (χ1v) is 12.1. The summed E-state index contributed by atoms with van der Waals surface area (Å²) in [5, 5.41) is 4.55. The zero-order valence-electron chi connectivity index (χ0n) is 18.9. The molecule has 0 radical (unpaired) electrons. The summed E-state index contributed by atoms with van der Waals surface area (Å²) in [7, 11) is 0. The number of amides is 3. The van der Waals surface area contributed by atoms with Gasteiger partial charge in [-0.05, 0) is 36.8 Å². The minimum Gasteiger partial charge on any atom is -0.465 e. The highest BCUT2D eigenvalue weighted by atomic mass is 32.1. The number of nitrogens with one attached hydrogen (secondary N) is 1. The highest BCUT2D eigenvalue weighted by molar-refractivity contribution is 7.09. The molecule has 3 rings (SSSR count). The first-order chi connectivity index (χ1) is 16.0. The Bertz CT molecular complexity index is 885. The molecule has 178 valence electrons. The Hall–Kier alpha value is -2.91. The van der Waals surface area contributed by atoms with Crippen molar-refractivity contribution >= 4 is 29.2 Å². The monoisotopic (exact) mass is 473 g/mol. The summed E-state index contributed by atoms with van der Waals surface area (Å²) in [4.78, 5) is 42.2. The maximum absolute atomic E-state index is 13.4. The summed E-state index contributed by atoms with van der Waals surface area (Å²) in [6.45, 7) is 3.44. The molecule has 0 spiro atoms. The molecule has 1 atom stereocenters. The second kappa shape index (κ2) is 13.0. The number of ether oxygens (including phenoxy) is 2. The van der Waals surface area contributed by atoms with E-state index >= 15 is 0 Å². The number of hydrogen-bond acceptors (Lipinski definition) is 6. The van der Waals surface area contributed by atoms with Gasteiger partial charge in [0.15, 0.2) is 0 Å². The summed E-state index contributed by atoms with van der Waals surface area (Å²) in [5.74, 6) is -0.686. The molecule has 0 saturated carbocycles. The van der Waals surface area contributed by atoms with E-state index in [0.29, 0.717) is 26.2 Å². The van der Waals surface area contributed by atoms with E-state index in [0.717, 1.165) is 23.3 Å². The number of esters is 1. The largest absolute Gasteiger partial charge is 0.465 e. The Morgan fingerprint density at radius 1 is 1.12 bits per heavy atom. The Labute approximate surface area is 198 Å². The van der Waals surface area contributed by atoms with Crippen LogP contribution in [0, 0.1) is 0 Å². The van der Waals surface area contributed by atoms with Crippen LogP contribution >= 0.6 is 11.3 Å². The standard InChI is InChI=1S/C24H31N3O5S/c1-2-31-23(29)14-25-24(30)27(16-20-10-6-12-32-20)18-22(28)26(17-21-11-7-13-33-21)15-19-8-4-3-5-9-19/h3-5,7-9,11,13,20H,2,6,10,12,14-18H2,1H3,(H,25,30). The van der Waals surface area contributed by atoms with Crippen LogP contribution < -0.4 is 5.32 Å². The number of benzene rings is 1. The maximum atomic E-state index is 13.4. The summed E-state index contributed by atoms with van der Waals surface area (Å²) in [6.07, 6.45) is 1.64. The molecule has 1 aromatic carbocycles. The van der Waals surface area contributed by atoms with Gasteiger partial charge in [-0.2, -0.15) is 0 Å². The van der Waals surface area contributed by atoms with Crippen LogP contribution in [-0.2, 0) is 32.2 Å². The zero-order chi connectivity index (χ0) is 23.5. The number of thiophene rings is 1. The van der Waals surface area contributed by atoms with Gasteiger partial charge < -0.3 is 24.6 Å². The molecule has 8 nitrogen and oxygen atoms in total. The first-order valence-electron chi connectivity index (χ1n) is 11.2. The van der Waals surface area contributed by atoms with Crippen molar-refractivity contribution in [2.45, 2.75) is 39.0 Å². The van der Waals surface area contributed by atoms with E-state index in [2.05, 4.69) is 5.32 Å². The van der Waals surface area contributed by atoms with Crippen LogP contribution in [0.4, 0.5) is 4.79 Å². The van der Waals surface area contributed by atoms with Crippen LogP contribution in [0.3, 0.4) is 0 Å². The second-order valence-electron chi connectivity index (χ2n) is 7.79. The fourth-order valence-electron chi connectivity index (χ4n) is 3.61. The smallest absolute Gasteiger partial charge is 0.325 e. The Kier molecular flexibility index (Phi) is 9.71. The van der Waals surface area contributed by atoms with Gasteiger partial charge in [-0.15, -0.1) is 11.3 Å². The van der Waals surface area contributed by atoms with Crippen LogP contribution in [0.1, 0.15) is 30.2 Å². The molecule has 33 heavy (non-hydrogen) atoms. The van der Waals surface area contributed by atoms with Crippen LogP contribution in [-0.4, -0.2) is 66.7 Å². The molecule has 1 aromatic heterocycles. The first kappa shape index (κ1) is 24.7. The van der Waals surface area contributed by atoms with Gasteiger partial charge in [-0.1, -0.05) is 36.4 Å². The number of rotatable bonds is 11. The molecule has 0 bridgehead atoms. The molecule has 1 N–H and O–H groups in total. The number of carbonyl (C=O) groups is 3. The third-order valence-corrected chi connectivity index (χ3v) is 6.11. The van der Waals surface area contributed by atoms with Crippen molar-refractivity contribution in [3.63, 3.8) is 0 Å². The van der Waals surface area contributed by atoms with E-state index in [9.17, 15) is 14.4 Å². The lowest BCUT2D eigenvalue weighted by Crippen LogP contribution is -2.49. The topological polar surface area (TPSA) is 88.2 Å². The van der Waals surface area contributed by atoms with Gasteiger partial charge in [0.2, 0.25) is 5.91 Å². The van der Waals surface area contributed by atoms with Crippen molar-refractivity contribution in [1.82, 2.24) is 15.1 Å². The van der Waals surface area contributed by atoms with E-state index in [1.54, 1.807) is 23.2 Å². The number of nitrogens with zero attached hydrogens (tertiary/aromatic N) is 2. The normalized spacial score (nSPS) is 15.1. The maximum Gasteiger partial charge on any atom is 0.325 e. The van der Waals surface area contributed by atoms with Crippen molar-refractivity contribution in [2.75, 3.05) is 32.8 Å². The Morgan fingerprint density at radius 2 is 1.94 bits per heavy atom. The highest BCUT2D eigenvalue weighted by Gasteiger charge is 2.27. The second-order valence-corrected chi connectivity index (χ2v) is 8.83. The number of hydrogen-bond donors (Lipinski definition) is 1. The molecule has 1 fully saturated rings. The van der Waals surface area contributed by atoms with Crippen molar-refractivity contribution in [3.8, 4) is 0 Å². The number of urea groups is 1. The fourth-order valence-corrected chi connectivity index (χ4v) is 4.33. The predicted molar refractivity (Wildman–Crippen MR) is 126 cm³/mol. The lowest BCUT2D eigenvalue weighted by atomic mass is 10.2. The predicted octanol–water partition coefficient (Wildman–Crippen LogP) is 3.03. The van der Waals surface area contributed by atoms with Crippen molar-refractivity contribution in [2.24, 2.45) is 0 Å². The number of carbonyl (C=O) groups excluding carboxylic acids is 3. The fraction of sp³-hybridized carbons (Fsp3) is 0.458. The molecule has 3 amide bonds. The van der Waals surface area contributed by atoms with E-state index in [-0.39, 0.29) is 31.7 Å². The van der Waals surface area contributed by atoms with E-state index < -0.39 is 12.0 Å². The van der Waals surface area contributed by atoms with Gasteiger partial charge in [0.25, 0.3) is 0 Å². The van der Waals surface area contributed by atoms with Crippen LogP contribution in [0.25, 0.3) is 0 Å². The van der Waals surface area contributed by atoms with E-state index in [1.165, 1.54) is 4.90 Å². The van der Waals surface area contributed by atoms with Gasteiger partial charge in [-0.25, -0.2) is 4.79 Å². The lowest BCUT2D eigenvalue weighted by Gasteiger charge is -2.29. The summed E-state index contributed by atoms with van der Waals surface area (Å²) >= 11 is 1.59. The summed E-state index contributed by atoms with van der Waals surface area (Å²) in [6, 6.07) is 13.2. The van der Waals surface area contributed by atoms with Gasteiger partial charge in [0, 0.05) is 24.6 Å². The summed E-state index contributed by atoms with van der Waals surface area (Å²) < 4.78 is 10.6. The molecule has 1 aliphatic rings. The zero-order valence-corrected chi connectivity index (χ0v) is 19.7. The Morgan fingerprint density at radius 3 is 2.61 bits per heavy atom. The molecule has 2 aromatic rings. The van der Waals surface area contributed by atoms with Gasteiger partial charge in [0.1, 0.15) is 13.1 Å². The average Bonchev–Trinajstić information content (AvgIpc) is 3.52. The molecule has 0 aliphatic carbocycles. The van der Waals surface area contributed by atoms with Gasteiger partial charge in [0.05, 0.1) is 19.3 Å². The molecule has 1 saturated heterocycles. The quantitative estimate of drug-likeness (QED) is 0.507. The van der Waals surface area contributed by atoms with Gasteiger partial charge >= 0.3 is 12.0 Å². The molecule has 1 unspecified atom stereocenters. The van der Waals surface area contributed by atoms with Crippen LogP contribution in [0.15, 0.2) is 47.8 Å². The highest BCUT2D eigenvalue weighted by Crippen LogP contribution is 2.17. The average molecular weight is 474 g/mol. The molecular weight excluding hydrogens is 442 g/mol. The van der Waals surface area contributed by atoms with Gasteiger partial charge in [-0.3, -0.25) is 9.59 Å². The van der Waals surface area contributed by atoms with Crippen molar-refractivity contribution in [3.05, 3.63) is 58.3 Å². The van der Waals surface area contributed by atoms with Crippen LogP contribution in [0.5, 0.6) is 0 Å². The summed E-state index contributed by atoms with van der Waals surface area (Å²) in [5.41, 5.74) is 1.01. The molecule has 9 heteroatoms. The van der Waals surface area contributed by atoms with Crippen molar-refractivity contribution < 1.29 is 23.9 Å². The van der Waals surface area contributed by atoms with Crippen molar-refractivity contribution in [1.29, 1.82) is 0 Å². The molecule has 2 heterocycles. The van der Waals surface area contributed by atoms with E-state index in [4.69, 9.17) is 9.47 Å². The third kappa shape index (κ3) is 8.18. The SMILES string of the molecule is CCOC(=O)CNC(=O)N(CC(=O)N(Cc1ccccc1)Cc1cccs1)CC1CCCO1.